The summed E-state index contributed by atoms with van der Waals surface area (Å²) in [7, 11) is 0. The molecule has 4 aliphatic heterocycles. The van der Waals surface area contributed by atoms with E-state index >= 15 is 0 Å². The Morgan fingerprint density at radius 3 is 1.55 bits per heavy atom. The van der Waals surface area contributed by atoms with Crippen molar-refractivity contribution in [2.45, 2.75) is 50.2 Å². The van der Waals surface area contributed by atoms with Crippen molar-refractivity contribution in [3.8, 4) is 22.5 Å². The molecule has 2 N–H and O–H groups in total. The summed E-state index contributed by atoms with van der Waals surface area (Å²) in [5, 5.41) is 21.7. The van der Waals surface area contributed by atoms with Gasteiger partial charge in [-0.2, -0.15) is 0 Å². The minimum Gasteiger partial charge on any atom is -0.385 e. The summed E-state index contributed by atoms with van der Waals surface area (Å²) < 4.78 is 8.52. The van der Waals surface area contributed by atoms with Gasteiger partial charge in [0.15, 0.2) is 0 Å². The number of hydrogen-bond acceptors (Lipinski definition) is 6. The lowest BCUT2D eigenvalue weighted by molar-refractivity contribution is 0.0513. The average Bonchev–Trinajstić information content (AvgIpc) is 3.88. The number of aryl methyl sites for hydroxylation is 2. The smallest absolute Gasteiger partial charge is 0.138 e. The fourth-order valence-corrected chi connectivity index (χ4v) is 8.11. The van der Waals surface area contributed by atoms with E-state index in [1.807, 2.05) is 37.4 Å². The van der Waals surface area contributed by atoms with Crippen LogP contribution in [0.1, 0.15) is 59.9 Å². The van der Waals surface area contributed by atoms with Gasteiger partial charge >= 0.3 is 0 Å². The third-order valence-corrected chi connectivity index (χ3v) is 10.1. The lowest BCUT2D eigenvalue weighted by Crippen LogP contribution is -2.31. The third kappa shape index (κ3) is 3.67. The highest BCUT2D eigenvalue weighted by molar-refractivity contribution is 5.70. The Morgan fingerprint density at radius 1 is 0.614 bits per heavy atom. The molecular formula is C34H32N8O2. The molecule has 2 aromatic carbocycles. The SMILES string of the molecule is O[C@H]1c2nccn2CC[C@@H]1[C@@H]1c2ccccc2-c2cncn21.O[C@H]1c2nccn2CC[C@H]1[C@@H]1c2ccccc2-c2cncn21. The summed E-state index contributed by atoms with van der Waals surface area (Å²) in [5.74, 6) is 1.79. The molecule has 0 fully saturated rings. The van der Waals surface area contributed by atoms with Gasteiger partial charge in [-0.05, 0) is 24.0 Å². The Morgan fingerprint density at radius 2 is 1.07 bits per heavy atom. The number of rotatable bonds is 2. The van der Waals surface area contributed by atoms with Crippen LogP contribution in [0.15, 0.2) is 98.4 Å². The zero-order valence-corrected chi connectivity index (χ0v) is 24.0. The van der Waals surface area contributed by atoms with Gasteiger partial charge in [-0.25, -0.2) is 19.9 Å². The number of aromatic nitrogens is 8. The molecule has 0 radical (unpaired) electrons. The van der Waals surface area contributed by atoms with E-state index in [0.29, 0.717) is 0 Å². The standard InChI is InChI=1S/2C17H16N4O/c2*22-16-13(5-7-20-8-6-19-17(16)20)15-12-4-2-1-3-11(12)14-9-18-10-21(14)15/h2*1-4,6,8-10,13,15-16,22H,5,7H2/t13-,15+,16-;13-,15-,16+/m10/s1. The molecule has 0 saturated carbocycles. The zero-order valence-electron chi connectivity index (χ0n) is 24.0. The first-order valence-corrected chi connectivity index (χ1v) is 15.3. The minimum absolute atomic E-state index is 0.117. The van der Waals surface area contributed by atoms with Crippen LogP contribution in [-0.4, -0.2) is 48.4 Å². The average molecular weight is 585 g/mol. The molecule has 0 bridgehead atoms. The quantitative estimate of drug-likeness (QED) is 0.302. The first kappa shape index (κ1) is 25.7. The van der Waals surface area contributed by atoms with Crippen molar-refractivity contribution in [1.82, 2.24) is 38.2 Å². The second-order valence-corrected chi connectivity index (χ2v) is 12.2. The Bertz CT molecular complexity index is 1840. The molecule has 0 spiro atoms. The van der Waals surface area contributed by atoms with Crippen LogP contribution in [0, 0.1) is 11.8 Å². The number of fused-ring (bicyclic) bond motifs is 8. The molecule has 0 amide bonds. The van der Waals surface area contributed by atoms with Gasteiger partial charge in [0.1, 0.15) is 23.9 Å². The van der Waals surface area contributed by atoms with Crippen molar-refractivity contribution in [3.05, 3.63) is 121 Å². The lowest BCUT2D eigenvalue weighted by Gasteiger charge is -2.34. The molecule has 10 rings (SSSR count). The minimum atomic E-state index is -0.546. The van der Waals surface area contributed by atoms with Gasteiger partial charge in [-0.3, -0.25) is 0 Å². The van der Waals surface area contributed by atoms with Crippen LogP contribution in [0.25, 0.3) is 22.5 Å². The monoisotopic (exact) mass is 584 g/mol. The van der Waals surface area contributed by atoms with Crippen LogP contribution in [-0.2, 0) is 13.1 Å². The van der Waals surface area contributed by atoms with Gasteiger partial charge in [0.05, 0.1) is 48.5 Å². The molecule has 10 nitrogen and oxygen atoms in total. The van der Waals surface area contributed by atoms with Crippen molar-refractivity contribution in [3.63, 3.8) is 0 Å². The molecule has 6 aromatic rings. The molecule has 6 atom stereocenters. The van der Waals surface area contributed by atoms with Crippen molar-refractivity contribution < 1.29 is 10.2 Å². The normalized spacial score (nSPS) is 25.6. The van der Waals surface area contributed by atoms with E-state index < -0.39 is 12.2 Å². The highest BCUT2D eigenvalue weighted by Crippen LogP contribution is 2.49. The summed E-state index contributed by atoms with van der Waals surface area (Å²) in [6.45, 7) is 1.81. The van der Waals surface area contributed by atoms with E-state index in [0.717, 1.165) is 49.0 Å². The van der Waals surface area contributed by atoms with Gasteiger partial charge in [0.2, 0.25) is 0 Å². The Balaban J connectivity index is 0.000000123. The molecule has 4 aliphatic rings. The number of hydrogen-bond donors (Lipinski definition) is 2. The molecule has 8 heterocycles. The Hall–Kier alpha value is -4.80. The van der Waals surface area contributed by atoms with Crippen LogP contribution in [0.3, 0.4) is 0 Å². The highest BCUT2D eigenvalue weighted by Gasteiger charge is 2.42. The maximum atomic E-state index is 10.8. The van der Waals surface area contributed by atoms with Gasteiger partial charge in [0.25, 0.3) is 0 Å². The van der Waals surface area contributed by atoms with Crippen LogP contribution in [0.5, 0.6) is 0 Å². The van der Waals surface area contributed by atoms with Crippen LogP contribution in [0.4, 0.5) is 0 Å². The topological polar surface area (TPSA) is 112 Å². The molecule has 220 valence electrons. The molecule has 0 saturated heterocycles. The lowest BCUT2D eigenvalue weighted by atomic mass is 9.84. The van der Waals surface area contributed by atoms with Crippen molar-refractivity contribution in [2.75, 3.05) is 0 Å². The molecule has 0 aliphatic carbocycles. The highest BCUT2D eigenvalue weighted by atomic mass is 16.3. The van der Waals surface area contributed by atoms with Crippen LogP contribution >= 0.6 is 0 Å². The fourth-order valence-electron chi connectivity index (χ4n) is 8.11. The van der Waals surface area contributed by atoms with Gasteiger partial charge in [0, 0.05) is 60.8 Å². The van der Waals surface area contributed by atoms with Crippen molar-refractivity contribution >= 4 is 0 Å². The third-order valence-electron chi connectivity index (χ3n) is 10.1. The number of aliphatic hydroxyl groups is 2. The van der Waals surface area contributed by atoms with E-state index in [2.05, 4.69) is 86.7 Å². The number of imidazole rings is 4. The van der Waals surface area contributed by atoms with E-state index in [1.165, 1.54) is 22.3 Å². The fraction of sp³-hybridized carbons (Fsp3) is 0.294. The molecule has 44 heavy (non-hydrogen) atoms. The number of aliphatic hydroxyl groups excluding tert-OH is 2. The first-order valence-electron chi connectivity index (χ1n) is 15.3. The predicted octanol–water partition coefficient (Wildman–Crippen LogP) is 4.81. The van der Waals surface area contributed by atoms with Gasteiger partial charge in [-0.1, -0.05) is 48.5 Å². The molecule has 10 heteroatoms. The van der Waals surface area contributed by atoms with Crippen molar-refractivity contribution in [2.24, 2.45) is 11.8 Å². The van der Waals surface area contributed by atoms with E-state index in [-0.39, 0.29) is 23.9 Å². The van der Waals surface area contributed by atoms with Crippen molar-refractivity contribution in [1.29, 1.82) is 0 Å². The largest absolute Gasteiger partial charge is 0.385 e. The predicted molar refractivity (Wildman–Crippen MR) is 162 cm³/mol. The summed E-state index contributed by atoms with van der Waals surface area (Å²) in [6, 6.07) is 17.1. The Kier molecular flexibility index (Phi) is 5.76. The summed E-state index contributed by atoms with van der Waals surface area (Å²) >= 11 is 0. The molecule has 0 unspecified atom stereocenters. The van der Waals surface area contributed by atoms with Gasteiger partial charge in [-0.15, -0.1) is 0 Å². The van der Waals surface area contributed by atoms with E-state index in [9.17, 15) is 10.2 Å². The van der Waals surface area contributed by atoms with E-state index in [1.54, 1.807) is 12.4 Å². The maximum absolute atomic E-state index is 10.8. The second-order valence-electron chi connectivity index (χ2n) is 12.2. The summed E-state index contributed by atoms with van der Waals surface area (Å²) in [5.41, 5.74) is 7.30. The van der Waals surface area contributed by atoms with Gasteiger partial charge < -0.3 is 28.5 Å². The molecular weight excluding hydrogens is 552 g/mol. The second kappa shape index (κ2) is 9.87. The van der Waals surface area contributed by atoms with E-state index in [4.69, 9.17) is 0 Å². The zero-order chi connectivity index (χ0) is 29.4. The van der Waals surface area contributed by atoms with Crippen LogP contribution in [0.2, 0.25) is 0 Å². The summed E-state index contributed by atoms with van der Waals surface area (Å²) in [4.78, 5) is 17.3. The molecule has 4 aromatic heterocycles. The maximum Gasteiger partial charge on any atom is 0.138 e. The summed E-state index contributed by atoms with van der Waals surface area (Å²) in [6.07, 6.45) is 15.8. The Labute approximate surface area is 253 Å². The number of benzene rings is 2. The number of nitrogens with zero attached hydrogens (tertiary/aromatic N) is 8. The van der Waals surface area contributed by atoms with Crippen LogP contribution < -0.4 is 0 Å². The first-order chi connectivity index (χ1) is 21.7.